The van der Waals surface area contributed by atoms with Crippen molar-refractivity contribution in [3.05, 3.63) is 17.9 Å². The van der Waals surface area contributed by atoms with E-state index in [4.69, 9.17) is 9.52 Å². The summed E-state index contributed by atoms with van der Waals surface area (Å²) in [5.41, 5.74) is 0. The molecule has 0 radical (unpaired) electrons. The van der Waals surface area contributed by atoms with Crippen molar-refractivity contribution in [2.75, 3.05) is 26.7 Å². The molecular formula is C11H16N2O5S. The topological polar surface area (TPSA) is 91.1 Å². The first-order chi connectivity index (χ1) is 8.82. The Hall–Kier alpha value is -1.38. The maximum absolute atomic E-state index is 12.3. The summed E-state index contributed by atoms with van der Waals surface area (Å²) in [7, 11) is -1.82. The van der Waals surface area contributed by atoms with Gasteiger partial charge < -0.3 is 14.4 Å². The molecule has 2 rings (SSSR count). The number of carbonyl (C=O) groups is 1. The molecule has 0 aromatic carbocycles. The van der Waals surface area contributed by atoms with Crippen LogP contribution in [-0.4, -0.2) is 61.4 Å². The van der Waals surface area contributed by atoms with E-state index in [1.54, 1.807) is 0 Å². The molecule has 1 N–H and O–H groups in total. The Morgan fingerprint density at radius 3 is 2.63 bits per heavy atom. The highest BCUT2D eigenvalue weighted by Crippen LogP contribution is 2.21. The second-order valence-corrected chi connectivity index (χ2v) is 6.49. The monoisotopic (exact) mass is 288 g/mol. The Morgan fingerprint density at radius 1 is 1.42 bits per heavy atom. The summed E-state index contributed by atoms with van der Waals surface area (Å²) in [4.78, 5) is 12.8. The fourth-order valence-corrected chi connectivity index (χ4v) is 3.36. The van der Waals surface area contributed by atoms with Crippen molar-refractivity contribution in [2.45, 2.75) is 18.1 Å². The van der Waals surface area contributed by atoms with Crippen molar-refractivity contribution in [1.82, 2.24) is 9.21 Å². The molecule has 1 aliphatic rings. The molecule has 0 amide bonds. The second-order valence-electron chi connectivity index (χ2n) is 4.62. The predicted molar refractivity (Wildman–Crippen MR) is 66.5 cm³/mol. The molecule has 106 valence electrons. The van der Waals surface area contributed by atoms with Crippen LogP contribution in [0.5, 0.6) is 0 Å². The number of rotatable bonds is 3. The minimum atomic E-state index is -3.75. The summed E-state index contributed by atoms with van der Waals surface area (Å²) in [6.45, 7) is 3.30. The number of carboxylic acids is 1. The van der Waals surface area contributed by atoms with Crippen LogP contribution >= 0.6 is 0 Å². The summed E-state index contributed by atoms with van der Waals surface area (Å²) in [6, 6.07) is 2.44. The maximum Gasteiger partial charge on any atom is 0.371 e. The van der Waals surface area contributed by atoms with Gasteiger partial charge in [0.05, 0.1) is 0 Å². The third-order valence-corrected chi connectivity index (χ3v) is 5.05. The summed E-state index contributed by atoms with van der Waals surface area (Å²) >= 11 is 0. The standard InChI is InChI=1S/C11H16N2O5S/c1-8-7-13(6-5-12(8)2)19(16,17)10-4-3-9(18-10)11(14)15/h3-4,8H,5-7H2,1-2H3,(H,14,15). The highest BCUT2D eigenvalue weighted by Gasteiger charge is 2.33. The summed E-state index contributed by atoms with van der Waals surface area (Å²) in [5.74, 6) is -1.66. The zero-order valence-electron chi connectivity index (χ0n) is 10.7. The Balaban J connectivity index is 2.24. The summed E-state index contributed by atoms with van der Waals surface area (Å²) < 4.78 is 30.8. The number of hydrogen-bond acceptors (Lipinski definition) is 5. The number of sulfonamides is 1. The van der Waals surface area contributed by atoms with Crippen molar-refractivity contribution in [3.63, 3.8) is 0 Å². The van der Waals surface area contributed by atoms with Gasteiger partial charge >= 0.3 is 5.97 Å². The van der Waals surface area contributed by atoms with Gasteiger partial charge in [0.1, 0.15) is 0 Å². The largest absolute Gasteiger partial charge is 0.475 e. The van der Waals surface area contributed by atoms with E-state index in [0.29, 0.717) is 19.6 Å². The molecule has 8 heteroatoms. The number of piperazine rings is 1. The lowest BCUT2D eigenvalue weighted by Gasteiger charge is -2.36. The number of aromatic carboxylic acids is 1. The minimum absolute atomic E-state index is 0.109. The van der Waals surface area contributed by atoms with Crippen LogP contribution in [-0.2, 0) is 10.0 Å². The first kappa shape index (κ1) is 14.0. The molecule has 19 heavy (non-hydrogen) atoms. The number of likely N-dealkylation sites (N-methyl/N-ethyl adjacent to an activating group) is 1. The van der Waals surface area contributed by atoms with Gasteiger partial charge in [-0.05, 0) is 26.1 Å². The second kappa shape index (κ2) is 4.95. The third-order valence-electron chi connectivity index (χ3n) is 3.31. The Bertz CT molecular complexity index is 580. The summed E-state index contributed by atoms with van der Waals surface area (Å²) in [6.07, 6.45) is 0. The fraction of sp³-hybridized carbons (Fsp3) is 0.545. The van der Waals surface area contributed by atoms with Crippen molar-refractivity contribution < 1.29 is 22.7 Å². The predicted octanol–water partition coefficient (Wildman–Crippen LogP) is 0.302. The van der Waals surface area contributed by atoms with E-state index in [0.717, 1.165) is 6.07 Å². The van der Waals surface area contributed by atoms with E-state index >= 15 is 0 Å². The first-order valence-corrected chi connectivity index (χ1v) is 7.30. The molecule has 1 fully saturated rings. The van der Waals surface area contributed by atoms with Gasteiger partial charge in [0.25, 0.3) is 10.0 Å². The molecule has 1 saturated heterocycles. The van der Waals surface area contributed by atoms with Crippen LogP contribution in [0.1, 0.15) is 17.5 Å². The lowest BCUT2D eigenvalue weighted by molar-refractivity contribution is 0.0656. The van der Waals surface area contributed by atoms with Crippen molar-refractivity contribution in [2.24, 2.45) is 0 Å². The molecule has 0 bridgehead atoms. The SMILES string of the molecule is CC1CN(S(=O)(=O)c2ccc(C(=O)O)o2)CCN1C. The molecular weight excluding hydrogens is 272 g/mol. The Morgan fingerprint density at radius 2 is 2.11 bits per heavy atom. The Kier molecular flexibility index (Phi) is 3.66. The normalized spacial score (nSPS) is 22.5. The molecule has 0 saturated carbocycles. The van der Waals surface area contributed by atoms with Crippen LogP contribution in [0.15, 0.2) is 21.6 Å². The van der Waals surface area contributed by atoms with E-state index in [1.807, 2.05) is 14.0 Å². The van der Waals surface area contributed by atoms with Gasteiger partial charge in [-0.25, -0.2) is 13.2 Å². The smallest absolute Gasteiger partial charge is 0.371 e. The highest BCUT2D eigenvalue weighted by atomic mass is 32.2. The van der Waals surface area contributed by atoms with Crippen molar-refractivity contribution >= 4 is 16.0 Å². The Labute approximate surface area is 111 Å². The van der Waals surface area contributed by atoms with Crippen LogP contribution in [0, 0.1) is 0 Å². The molecule has 1 atom stereocenters. The molecule has 2 heterocycles. The van der Waals surface area contributed by atoms with Gasteiger partial charge in [-0.3, -0.25) is 0 Å². The van der Waals surface area contributed by atoms with Crippen LogP contribution < -0.4 is 0 Å². The quantitative estimate of drug-likeness (QED) is 0.860. The first-order valence-electron chi connectivity index (χ1n) is 5.86. The number of carboxylic acid groups (broad SMARTS) is 1. The van der Waals surface area contributed by atoms with Gasteiger partial charge in [-0.2, -0.15) is 4.31 Å². The van der Waals surface area contributed by atoms with Crippen LogP contribution in [0.3, 0.4) is 0 Å². The van der Waals surface area contributed by atoms with Crippen molar-refractivity contribution in [3.8, 4) is 0 Å². The van der Waals surface area contributed by atoms with Crippen molar-refractivity contribution in [1.29, 1.82) is 0 Å². The average Bonchev–Trinajstić information content (AvgIpc) is 2.82. The van der Waals surface area contributed by atoms with E-state index in [2.05, 4.69) is 4.90 Å². The zero-order valence-corrected chi connectivity index (χ0v) is 11.6. The fourth-order valence-electron chi connectivity index (χ4n) is 1.93. The van der Waals surface area contributed by atoms with Gasteiger partial charge in [0.15, 0.2) is 0 Å². The molecule has 0 spiro atoms. The van der Waals surface area contributed by atoms with E-state index in [-0.39, 0.29) is 16.9 Å². The van der Waals surface area contributed by atoms with Crippen LogP contribution in [0.2, 0.25) is 0 Å². The zero-order chi connectivity index (χ0) is 14.2. The molecule has 1 aromatic rings. The van der Waals surface area contributed by atoms with E-state index in [9.17, 15) is 13.2 Å². The van der Waals surface area contributed by atoms with Crippen LogP contribution in [0.25, 0.3) is 0 Å². The minimum Gasteiger partial charge on any atom is -0.475 e. The molecule has 1 aromatic heterocycles. The molecule has 1 unspecified atom stereocenters. The summed E-state index contributed by atoms with van der Waals surface area (Å²) in [5, 5.41) is 8.42. The number of nitrogens with zero attached hydrogens (tertiary/aromatic N) is 2. The number of furan rings is 1. The van der Waals surface area contributed by atoms with E-state index in [1.165, 1.54) is 10.4 Å². The highest BCUT2D eigenvalue weighted by molar-refractivity contribution is 7.89. The molecule has 7 nitrogen and oxygen atoms in total. The lowest BCUT2D eigenvalue weighted by Crippen LogP contribution is -2.51. The van der Waals surface area contributed by atoms with E-state index < -0.39 is 16.0 Å². The third kappa shape index (κ3) is 2.65. The lowest BCUT2D eigenvalue weighted by atomic mass is 10.2. The van der Waals surface area contributed by atoms with Gasteiger partial charge in [-0.15, -0.1) is 0 Å². The maximum atomic E-state index is 12.3. The number of hydrogen-bond donors (Lipinski definition) is 1. The van der Waals surface area contributed by atoms with Gasteiger partial charge in [0, 0.05) is 25.7 Å². The molecule has 1 aliphatic heterocycles. The molecule has 0 aliphatic carbocycles. The van der Waals surface area contributed by atoms with Gasteiger partial charge in [0.2, 0.25) is 10.9 Å². The average molecular weight is 288 g/mol. The van der Waals surface area contributed by atoms with Gasteiger partial charge in [-0.1, -0.05) is 0 Å². The van der Waals surface area contributed by atoms with Crippen LogP contribution in [0.4, 0.5) is 0 Å².